The molecule has 26 heavy (non-hydrogen) atoms. The highest BCUT2D eigenvalue weighted by molar-refractivity contribution is 7.99. The van der Waals surface area contributed by atoms with Crippen LogP contribution in [0.4, 0.5) is 11.4 Å². The Labute approximate surface area is 157 Å². The van der Waals surface area contributed by atoms with E-state index in [0.717, 1.165) is 4.90 Å². The quantitative estimate of drug-likeness (QED) is 0.845. The van der Waals surface area contributed by atoms with E-state index in [0.29, 0.717) is 29.3 Å². The molecular formula is C18H20N2O4S2. The average Bonchev–Trinajstić information content (AvgIpc) is 2.82. The van der Waals surface area contributed by atoms with Gasteiger partial charge in [0.15, 0.2) is 0 Å². The monoisotopic (exact) mass is 392 g/mol. The van der Waals surface area contributed by atoms with Crippen LogP contribution in [0.1, 0.15) is 13.3 Å². The Kier molecular flexibility index (Phi) is 5.43. The van der Waals surface area contributed by atoms with E-state index in [4.69, 9.17) is 4.74 Å². The number of amides is 1. The van der Waals surface area contributed by atoms with Gasteiger partial charge in [-0.25, -0.2) is 8.42 Å². The number of hydrogen-bond donors (Lipinski definition) is 1. The number of nitrogens with zero attached hydrogens (tertiary/aromatic N) is 1. The van der Waals surface area contributed by atoms with E-state index in [2.05, 4.69) is 5.32 Å². The maximum atomic E-state index is 13.1. The molecule has 1 aliphatic heterocycles. The van der Waals surface area contributed by atoms with Crippen molar-refractivity contribution in [3.05, 3.63) is 42.5 Å². The summed E-state index contributed by atoms with van der Waals surface area (Å²) >= 11 is 1.54. The molecule has 2 aromatic rings. The lowest BCUT2D eigenvalue weighted by Crippen LogP contribution is -2.30. The van der Waals surface area contributed by atoms with E-state index >= 15 is 0 Å². The van der Waals surface area contributed by atoms with E-state index in [1.165, 1.54) is 10.4 Å². The SMILES string of the molecule is CCN(c1ccc(OC)cc1)S(=O)(=O)c1ccc2c(c1)NC(=O)CCS2. The number of hydrogen-bond acceptors (Lipinski definition) is 5. The third-order valence-electron chi connectivity index (χ3n) is 4.05. The molecule has 8 heteroatoms. The number of benzene rings is 2. The molecule has 0 saturated carbocycles. The van der Waals surface area contributed by atoms with Gasteiger partial charge in [0.05, 0.1) is 23.4 Å². The maximum Gasteiger partial charge on any atom is 0.264 e. The molecule has 1 heterocycles. The average molecular weight is 393 g/mol. The second-order valence-corrected chi connectivity index (χ2v) is 8.67. The molecule has 0 aliphatic carbocycles. The normalized spacial score (nSPS) is 14.2. The standard InChI is InChI=1S/C18H20N2O4S2/c1-3-20(13-4-6-14(24-2)7-5-13)26(22,23)15-8-9-17-16(12-15)19-18(21)10-11-25-17/h4-9,12H,3,10-11H2,1-2H3,(H,19,21). The molecule has 0 saturated heterocycles. The van der Waals surface area contributed by atoms with Crippen molar-refractivity contribution in [3.8, 4) is 5.75 Å². The topological polar surface area (TPSA) is 75.7 Å². The van der Waals surface area contributed by atoms with Crippen LogP contribution in [0.3, 0.4) is 0 Å². The van der Waals surface area contributed by atoms with Gasteiger partial charge in [-0.05, 0) is 49.4 Å². The van der Waals surface area contributed by atoms with Crippen LogP contribution in [-0.2, 0) is 14.8 Å². The van der Waals surface area contributed by atoms with Crippen LogP contribution in [-0.4, -0.2) is 33.7 Å². The summed E-state index contributed by atoms with van der Waals surface area (Å²) in [6.07, 6.45) is 0.411. The largest absolute Gasteiger partial charge is 0.497 e. The second-order valence-electron chi connectivity index (χ2n) is 5.67. The minimum atomic E-state index is -3.75. The Morgan fingerprint density at radius 3 is 2.58 bits per heavy atom. The number of carbonyl (C=O) groups is 1. The van der Waals surface area contributed by atoms with Crippen LogP contribution in [0.5, 0.6) is 5.75 Å². The van der Waals surface area contributed by atoms with Gasteiger partial charge in [-0.1, -0.05) is 0 Å². The van der Waals surface area contributed by atoms with E-state index < -0.39 is 10.0 Å². The lowest BCUT2D eigenvalue weighted by Gasteiger charge is -2.23. The summed E-state index contributed by atoms with van der Waals surface area (Å²) in [6, 6.07) is 11.7. The highest BCUT2D eigenvalue weighted by Crippen LogP contribution is 2.34. The molecule has 0 aromatic heterocycles. The number of sulfonamides is 1. The first-order chi connectivity index (χ1) is 12.5. The van der Waals surface area contributed by atoms with Gasteiger partial charge in [-0.3, -0.25) is 9.10 Å². The van der Waals surface area contributed by atoms with Crippen molar-refractivity contribution in [3.63, 3.8) is 0 Å². The second kappa shape index (κ2) is 7.59. The van der Waals surface area contributed by atoms with Crippen LogP contribution in [0.2, 0.25) is 0 Å². The Morgan fingerprint density at radius 2 is 1.92 bits per heavy atom. The Hall–Kier alpha value is -2.19. The Morgan fingerprint density at radius 1 is 1.19 bits per heavy atom. The first kappa shape index (κ1) is 18.6. The predicted molar refractivity (Wildman–Crippen MR) is 104 cm³/mol. The van der Waals surface area contributed by atoms with Crippen molar-refractivity contribution in [2.24, 2.45) is 0 Å². The van der Waals surface area contributed by atoms with Gasteiger partial charge in [-0.2, -0.15) is 0 Å². The van der Waals surface area contributed by atoms with Gasteiger partial charge < -0.3 is 10.1 Å². The Balaban J connectivity index is 1.98. The molecule has 1 aliphatic rings. The van der Waals surface area contributed by atoms with Crippen molar-refractivity contribution >= 4 is 39.1 Å². The van der Waals surface area contributed by atoms with Crippen molar-refractivity contribution in [2.45, 2.75) is 23.1 Å². The molecular weight excluding hydrogens is 372 g/mol. The van der Waals surface area contributed by atoms with E-state index in [1.54, 1.807) is 62.2 Å². The summed E-state index contributed by atoms with van der Waals surface area (Å²) in [5.41, 5.74) is 1.10. The predicted octanol–water partition coefficient (Wildman–Crippen LogP) is 3.34. The Bertz CT molecular complexity index is 911. The summed E-state index contributed by atoms with van der Waals surface area (Å²) in [5.74, 6) is 1.23. The zero-order valence-electron chi connectivity index (χ0n) is 14.6. The lowest BCUT2D eigenvalue weighted by atomic mass is 10.3. The van der Waals surface area contributed by atoms with Crippen LogP contribution in [0.25, 0.3) is 0 Å². The highest BCUT2D eigenvalue weighted by atomic mass is 32.2. The number of anilines is 2. The number of nitrogens with one attached hydrogen (secondary N) is 1. The molecule has 0 spiro atoms. The van der Waals surface area contributed by atoms with Gasteiger partial charge in [0.1, 0.15) is 5.75 Å². The fourth-order valence-electron chi connectivity index (χ4n) is 2.73. The van der Waals surface area contributed by atoms with Crippen LogP contribution in [0.15, 0.2) is 52.3 Å². The fourth-order valence-corrected chi connectivity index (χ4v) is 5.16. The maximum absolute atomic E-state index is 13.1. The number of rotatable bonds is 5. The van der Waals surface area contributed by atoms with Gasteiger partial charge >= 0.3 is 0 Å². The van der Waals surface area contributed by atoms with Gasteiger partial charge in [-0.15, -0.1) is 11.8 Å². The first-order valence-corrected chi connectivity index (χ1v) is 10.6. The summed E-state index contributed by atoms with van der Waals surface area (Å²) < 4.78 is 32.8. The number of fused-ring (bicyclic) bond motifs is 1. The minimum absolute atomic E-state index is 0.103. The minimum Gasteiger partial charge on any atom is -0.497 e. The molecule has 1 amide bonds. The van der Waals surface area contributed by atoms with Gasteiger partial charge in [0.25, 0.3) is 10.0 Å². The number of methoxy groups -OCH3 is 1. The van der Waals surface area contributed by atoms with Crippen molar-refractivity contribution in [1.82, 2.24) is 0 Å². The smallest absolute Gasteiger partial charge is 0.264 e. The molecule has 0 radical (unpaired) electrons. The zero-order chi connectivity index (χ0) is 18.7. The molecule has 1 N–H and O–H groups in total. The molecule has 0 unspecified atom stereocenters. The summed E-state index contributed by atoms with van der Waals surface area (Å²) in [7, 11) is -2.19. The summed E-state index contributed by atoms with van der Waals surface area (Å²) in [6.45, 7) is 2.07. The molecule has 2 aromatic carbocycles. The highest BCUT2D eigenvalue weighted by Gasteiger charge is 2.25. The van der Waals surface area contributed by atoms with E-state index in [-0.39, 0.29) is 17.3 Å². The first-order valence-electron chi connectivity index (χ1n) is 8.19. The molecule has 0 atom stereocenters. The molecule has 0 bridgehead atoms. The number of thioether (sulfide) groups is 1. The number of carbonyl (C=O) groups excluding carboxylic acids is 1. The fraction of sp³-hybridized carbons (Fsp3) is 0.278. The summed E-state index contributed by atoms with van der Waals surface area (Å²) in [4.78, 5) is 12.8. The van der Waals surface area contributed by atoms with E-state index in [1.807, 2.05) is 0 Å². The van der Waals surface area contributed by atoms with Crippen LogP contribution in [0, 0.1) is 0 Å². The van der Waals surface area contributed by atoms with E-state index in [9.17, 15) is 13.2 Å². The number of ether oxygens (including phenoxy) is 1. The zero-order valence-corrected chi connectivity index (χ0v) is 16.2. The van der Waals surface area contributed by atoms with Gasteiger partial charge in [0.2, 0.25) is 5.91 Å². The van der Waals surface area contributed by atoms with Crippen molar-refractivity contribution in [1.29, 1.82) is 0 Å². The van der Waals surface area contributed by atoms with Gasteiger partial charge in [0, 0.05) is 23.6 Å². The summed E-state index contributed by atoms with van der Waals surface area (Å²) in [5, 5.41) is 2.79. The molecule has 138 valence electrons. The molecule has 6 nitrogen and oxygen atoms in total. The third-order valence-corrected chi connectivity index (χ3v) is 7.02. The van der Waals surface area contributed by atoms with Crippen LogP contribution < -0.4 is 14.4 Å². The third kappa shape index (κ3) is 3.66. The lowest BCUT2D eigenvalue weighted by molar-refractivity contribution is -0.115. The molecule has 0 fully saturated rings. The van der Waals surface area contributed by atoms with Crippen molar-refractivity contribution in [2.75, 3.05) is 29.0 Å². The van der Waals surface area contributed by atoms with Crippen molar-refractivity contribution < 1.29 is 17.9 Å². The molecule has 3 rings (SSSR count). The van der Waals surface area contributed by atoms with Crippen LogP contribution >= 0.6 is 11.8 Å².